The largest absolute Gasteiger partial charge is 0.366 e. The smallest absolute Gasteiger partial charge is 0.216 e. The van der Waals surface area contributed by atoms with Gasteiger partial charge in [0.1, 0.15) is 5.82 Å². The summed E-state index contributed by atoms with van der Waals surface area (Å²) in [6, 6.07) is 4.10. The molecule has 9 heteroatoms. The molecule has 2 aromatic rings. The molecule has 1 aliphatic heterocycles. The highest BCUT2D eigenvalue weighted by molar-refractivity contribution is 7.90. The number of anilines is 1. The number of nitrogens with one attached hydrogen (secondary N) is 1. The van der Waals surface area contributed by atoms with E-state index in [0.29, 0.717) is 19.0 Å². The summed E-state index contributed by atoms with van der Waals surface area (Å²) < 4.78 is 28.1. The zero-order valence-electron chi connectivity index (χ0n) is 14.0. The van der Waals surface area contributed by atoms with Crippen LogP contribution < -0.4 is 5.32 Å². The third-order valence-corrected chi connectivity index (χ3v) is 7.74. The van der Waals surface area contributed by atoms with E-state index in [1.54, 1.807) is 4.31 Å². The van der Waals surface area contributed by atoms with Crippen LogP contribution in [0.25, 0.3) is 5.65 Å². The minimum absolute atomic E-state index is 0.115. The third kappa shape index (κ3) is 2.89. The quantitative estimate of drug-likeness (QED) is 0.864. The number of nitrogens with zero attached hydrogens (tertiary/aromatic N) is 5. The maximum atomic E-state index is 12.3. The molecule has 2 aromatic heterocycles. The Morgan fingerprint density at radius 3 is 2.44 bits per heavy atom. The predicted molar refractivity (Wildman–Crippen MR) is 92.9 cm³/mol. The van der Waals surface area contributed by atoms with E-state index in [0.717, 1.165) is 55.8 Å². The molecule has 0 aromatic carbocycles. The summed E-state index contributed by atoms with van der Waals surface area (Å²) in [6.07, 6.45) is 5.59. The molecule has 25 heavy (non-hydrogen) atoms. The molecule has 1 saturated heterocycles. The second kappa shape index (κ2) is 5.63. The van der Waals surface area contributed by atoms with E-state index in [1.165, 1.54) is 0 Å². The van der Waals surface area contributed by atoms with Crippen molar-refractivity contribution in [1.29, 1.82) is 0 Å². The van der Waals surface area contributed by atoms with Crippen LogP contribution in [0, 0.1) is 0 Å². The van der Waals surface area contributed by atoms with Crippen molar-refractivity contribution in [2.75, 3.05) is 18.4 Å². The zero-order chi connectivity index (χ0) is 17.0. The zero-order valence-corrected chi connectivity index (χ0v) is 14.8. The Morgan fingerprint density at radius 1 is 1.00 bits per heavy atom. The molecule has 3 heterocycles. The summed E-state index contributed by atoms with van der Waals surface area (Å²) in [7, 11) is -3.05. The van der Waals surface area contributed by atoms with Crippen LogP contribution in [0.3, 0.4) is 0 Å². The highest BCUT2D eigenvalue weighted by atomic mass is 32.2. The SMILES string of the molecule is O=S(=O)(C1CC1)N1CCC(Nc2ccc3nnc(C4CC4)n3n2)CC1. The lowest BCUT2D eigenvalue weighted by Gasteiger charge is -2.31. The van der Waals surface area contributed by atoms with Crippen LogP contribution in [0.2, 0.25) is 0 Å². The molecule has 3 aliphatic rings. The van der Waals surface area contributed by atoms with Gasteiger partial charge in [-0.25, -0.2) is 12.7 Å². The third-order valence-electron chi connectivity index (χ3n) is 5.34. The summed E-state index contributed by atoms with van der Waals surface area (Å²) in [5.74, 6) is 2.25. The van der Waals surface area contributed by atoms with Gasteiger partial charge in [0.25, 0.3) is 0 Å². The molecular formula is C16H22N6O2S. The molecule has 0 amide bonds. The molecule has 1 N–H and O–H groups in total. The summed E-state index contributed by atoms with van der Waals surface area (Å²) in [5, 5.41) is 16.4. The fourth-order valence-corrected chi connectivity index (χ4v) is 5.39. The lowest BCUT2D eigenvalue weighted by atomic mass is 10.1. The van der Waals surface area contributed by atoms with Gasteiger partial charge in [0.2, 0.25) is 10.0 Å². The topological polar surface area (TPSA) is 92.5 Å². The van der Waals surface area contributed by atoms with Crippen LogP contribution >= 0.6 is 0 Å². The number of fused-ring (bicyclic) bond motifs is 1. The predicted octanol–water partition coefficient (Wildman–Crippen LogP) is 1.37. The van der Waals surface area contributed by atoms with E-state index < -0.39 is 10.0 Å². The average Bonchev–Trinajstić information content (AvgIpc) is 3.52. The fraction of sp³-hybridized carbons (Fsp3) is 0.688. The van der Waals surface area contributed by atoms with Gasteiger partial charge in [-0.3, -0.25) is 0 Å². The molecule has 3 fully saturated rings. The summed E-state index contributed by atoms with van der Waals surface area (Å²) in [6.45, 7) is 1.19. The summed E-state index contributed by atoms with van der Waals surface area (Å²) >= 11 is 0. The molecule has 0 atom stereocenters. The van der Waals surface area contributed by atoms with E-state index >= 15 is 0 Å². The van der Waals surface area contributed by atoms with Gasteiger partial charge in [0.15, 0.2) is 11.5 Å². The molecule has 2 saturated carbocycles. The highest BCUT2D eigenvalue weighted by Gasteiger charge is 2.41. The Bertz CT molecular complexity index is 894. The Morgan fingerprint density at radius 2 is 1.76 bits per heavy atom. The molecule has 2 aliphatic carbocycles. The van der Waals surface area contributed by atoms with Gasteiger partial charge in [-0.1, -0.05) is 0 Å². The number of hydrogen-bond acceptors (Lipinski definition) is 6. The first-order chi connectivity index (χ1) is 12.1. The minimum atomic E-state index is -3.05. The number of piperidine rings is 1. The van der Waals surface area contributed by atoms with Crippen molar-refractivity contribution in [2.45, 2.75) is 55.7 Å². The molecule has 5 rings (SSSR count). The molecule has 0 unspecified atom stereocenters. The van der Waals surface area contributed by atoms with Gasteiger partial charge in [-0.15, -0.1) is 15.3 Å². The molecule has 0 bridgehead atoms. The summed E-state index contributed by atoms with van der Waals surface area (Å²) in [4.78, 5) is 0. The number of sulfonamides is 1. The second-order valence-electron chi connectivity index (χ2n) is 7.38. The van der Waals surface area contributed by atoms with E-state index in [9.17, 15) is 8.42 Å². The van der Waals surface area contributed by atoms with Crippen molar-refractivity contribution >= 4 is 21.5 Å². The first-order valence-corrected chi connectivity index (χ1v) is 10.6. The molecule has 8 nitrogen and oxygen atoms in total. The second-order valence-corrected chi connectivity index (χ2v) is 9.60. The van der Waals surface area contributed by atoms with Crippen molar-refractivity contribution in [3.8, 4) is 0 Å². The van der Waals surface area contributed by atoms with Crippen LogP contribution in [-0.2, 0) is 10.0 Å². The highest BCUT2D eigenvalue weighted by Crippen LogP contribution is 2.38. The minimum Gasteiger partial charge on any atom is -0.366 e. The fourth-order valence-electron chi connectivity index (χ4n) is 3.52. The van der Waals surface area contributed by atoms with Crippen LogP contribution in [-0.4, -0.2) is 56.9 Å². The van der Waals surface area contributed by atoms with Crippen molar-refractivity contribution < 1.29 is 8.42 Å². The monoisotopic (exact) mass is 362 g/mol. The number of rotatable bonds is 5. The normalized spacial score (nSPS) is 23.2. The van der Waals surface area contributed by atoms with E-state index in [1.807, 2.05) is 16.6 Å². The molecule has 134 valence electrons. The van der Waals surface area contributed by atoms with Crippen molar-refractivity contribution in [3.05, 3.63) is 18.0 Å². The molecule has 0 spiro atoms. The van der Waals surface area contributed by atoms with Gasteiger partial charge in [0.05, 0.1) is 5.25 Å². The van der Waals surface area contributed by atoms with Gasteiger partial charge < -0.3 is 5.32 Å². The number of hydrogen-bond donors (Lipinski definition) is 1. The van der Waals surface area contributed by atoms with Crippen LogP contribution in [0.1, 0.15) is 50.3 Å². The van der Waals surface area contributed by atoms with Crippen molar-refractivity contribution in [3.63, 3.8) is 0 Å². The van der Waals surface area contributed by atoms with Gasteiger partial charge in [-0.05, 0) is 50.7 Å². The van der Waals surface area contributed by atoms with Gasteiger partial charge >= 0.3 is 0 Å². The molecular weight excluding hydrogens is 340 g/mol. The Labute approximate surface area is 146 Å². The van der Waals surface area contributed by atoms with E-state index in [2.05, 4.69) is 20.6 Å². The lowest BCUT2D eigenvalue weighted by molar-refractivity contribution is 0.329. The Hall–Kier alpha value is -1.74. The van der Waals surface area contributed by atoms with Crippen molar-refractivity contribution in [2.24, 2.45) is 0 Å². The van der Waals surface area contributed by atoms with Crippen LogP contribution in [0.15, 0.2) is 12.1 Å². The van der Waals surface area contributed by atoms with E-state index in [-0.39, 0.29) is 11.3 Å². The van der Waals surface area contributed by atoms with Gasteiger partial charge in [-0.2, -0.15) is 4.52 Å². The first-order valence-electron chi connectivity index (χ1n) is 9.09. The first kappa shape index (κ1) is 15.5. The Kier molecular flexibility index (Phi) is 3.50. The molecule has 0 radical (unpaired) electrons. The van der Waals surface area contributed by atoms with Crippen molar-refractivity contribution in [1.82, 2.24) is 24.1 Å². The maximum Gasteiger partial charge on any atom is 0.216 e. The maximum absolute atomic E-state index is 12.3. The lowest BCUT2D eigenvalue weighted by Crippen LogP contribution is -2.43. The van der Waals surface area contributed by atoms with E-state index in [4.69, 9.17) is 0 Å². The number of aromatic nitrogens is 4. The Balaban J connectivity index is 1.27. The summed E-state index contributed by atoms with van der Waals surface area (Å²) in [5.41, 5.74) is 0.776. The van der Waals surface area contributed by atoms with Gasteiger partial charge in [0, 0.05) is 25.0 Å². The van der Waals surface area contributed by atoms with Crippen LogP contribution in [0.4, 0.5) is 5.82 Å². The average molecular weight is 362 g/mol. The standard InChI is InChI=1S/C16H22N6O2S/c23-25(24,13-3-4-13)21-9-7-12(8-10-21)17-14-5-6-15-18-19-16(11-1-2-11)22(15)20-14/h5-6,11-13H,1-4,7-10H2,(H,17,20). The van der Waals surface area contributed by atoms with Crippen LogP contribution in [0.5, 0.6) is 0 Å².